The molecule has 1 unspecified atom stereocenters. The number of carbonyl (C=O) groups excluding carboxylic acids is 4. The second-order valence-corrected chi connectivity index (χ2v) is 7.81. The Kier molecular flexibility index (Phi) is 6.83. The summed E-state index contributed by atoms with van der Waals surface area (Å²) in [5.74, 6) is -2.10. The van der Waals surface area contributed by atoms with Gasteiger partial charge in [0.2, 0.25) is 5.91 Å². The van der Waals surface area contributed by atoms with Crippen LogP contribution in [0.2, 0.25) is 0 Å². The molecule has 0 saturated carbocycles. The summed E-state index contributed by atoms with van der Waals surface area (Å²) in [7, 11) is 0. The summed E-state index contributed by atoms with van der Waals surface area (Å²) in [5.41, 5.74) is 1.13. The number of benzene rings is 2. The van der Waals surface area contributed by atoms with Crippen LogP contribution in [0.5, 0.6) is 0 Å². The van der Waals surface area contributed by atoms with Crippen LogP contribution in [0, 0.1) is 5.82 Å². The average molecular weight is 430 g/mol. The van der Waals surface area contributed by atoms with Gasteiger partial charge in [-0.3, -0.25) is 24.1 Å². The predicted molar refractivity (Wildman–Crippen MR) is 110 cm³/mol. The molecule has 0 fully saturated rings. The molecule has 2 aromatic rings. The highest BCUT2D eigenvalue weighted by molar-refractivity contribution is 8.01. The Morgan fingerprint density at radius 3 is 2.27 bits per heavy atom. The Balaban J connectivity index is 1.40. The molecule has 3 amide bonds. The maximum atomic E-state index is 12.9. The molecule has 1 heterocycles. The van der Waals surface area contributed by atoms with Gasteiger partial charge in [0, 0.05) is 5.69 Å². The highest BCUT2D eigenvalue weighted by Crippen LogP contribution is 2.22. The quantitative estimate of drug-likeness (QED) is 0.511. The van der Waals surface area contributed by atoms with Crippen molar-refractivity contribution in [1.29, 1.82) is 0 Å². The predicted octanol–water partition coefficient (Wildman–Crippen LogP) is 2.73. The van der Waals surface area contributed by atoms with Crippen molar-refractivity contribution in [2.75, 3.05) is 24.2 Å². The smallest absolute Gasteiger partial charge is 0.318 e. The molecule has 1 aliphatic rings. The maximum absolute atomic E-state index is 12.9. The number of imide groups is 1. The van der Waals surface area contributed by atoms with Crippen LogP contribution in [0.1, 0.15) is 27.6 Å². The summed E-state index contributed by atoms with van der Waals surface area (Å²) in [6.45, 7) is 1.43. The van der Waals surface area contributed by atoms with Gasteiger partial charge in [0.15, 0.2) is 0 Å². The molecule has 0 spiro atoms. The first-order chi connectivity index (χ1) is 14.4. The normalized spacial score (nSPS) is 13.7. The molecule has 0 aromatic heterocycles. The molecule has 0 radical (unpaired) electrons. The largest absolute Gasteiger partial charge is 0.463 e. The summed E-state index contributed by atoms with van der Waals surface area (Å²) < 4.78 is 18.0. The Bertz CT molecular complexity index is 945. The SMILES string of the molecule is CC(SCC(=O)Nc1ccc(F)cc1)C(=O)OCCN1C(=O)c2ccccc2C1=O. The zero-order chi connectivity index (χ0) is 21.7. The lowest BCUT2D eigenvalue weighted by atomic mass is 10.1. The fourth-order valence-electron chi connectivity index (χ4n) is 2.80. The number of amides is 3. The zero-order valence-corrected chi connectivity index (χ0v) is 16.9. The number of nitrogens with zero attached hydrogens (tertiary/aromatic N) is 1. The molecule has 1 atom stereocenters. The summed E-state index contributed by atoms with van der Waals surface area (Å²) >= 11 is 1.08. The Hall–Kier alpha value is -3.20. The third-order valence-corrected chi connectivity index (χ3v) is 5.48. The molecule has 1 N–H and O–H groups in total. The van der Waals surface area contributed by atoms with E-state index in [-0.39, 0.29) is 24.8 Å². The molecule has 3 rings (SSSR count). The van der Waals surface area contributed by atoms with Crippen molar-refractivity contribution in [3.8, 4) is 0 Å². The van der Waals surface area contributed by atoms with Crippen LogP contribution in [0.3, 0.4) is 0 Å². The number of fused-ring (bicyclic) bond motifs is 1. The summed E-state index contributed by atoms with van der Waals surface area (Å²) in [6.07, 6.45) is 0. The van der Waals surface area contributed by atoms with E-state index >= 15 is 0 Å². The summed E-state index contributed by atoms with van der Waals surface area (Å²) in [4.78, 5) is 49.6. The number of hydrogen-bond acceptors (Lipinski definition) is 6. The standard InChI is InChI=1S/C21H19FN2O5S/c1-13(30-12-18(25)23-15-8-6-14(22)7-9-15)21(28)29-11-10-24-19(26)16-4-2-3-5-17(16)20(24)27/h2-9,13H,10-12H2,1H3,(H,23,25). The highest BCUT2D eigenvalue weighted by atomic mass is 32.2. The van der Waals surface area contributed by atoms with Gasteiger partial charge in [-0.25, -0.2) is 4.39 Å². The topological polar surface area (TPSA) is 92.8 Å². The lowest BCUT2D eigenvalue weighted by molar-refractivity contribution is -0.142. The number of anilines is 1. The van der Waals surface area contributed by atoms with Gasteiger partial charge >= 0.3 is 5.97 Å². The van der Waals surface area contributed by atoms with E-state index in [0.29, 0.717) is 16.8 Å². The molecule has 0 aliphatic carbocycles. The fraction of sp³-hybridized carbons (Fsp3) is 0.238. The van der Waals surface area contributed by atoms with Gasteiger partial charge < -0.3 is 10.1 Å². The molecule has 9 heteroatoms. The van der Waals surface area contributed by atoms with Gasteiger partial charge in [0.1, 0.15) is 17.7 Å². The zero-order valence-electron chi connectivity index (χ0n) is 16.1. The van der Waals surface area contributed by atoms with Gasteiger partial charge in [-0.1, -0.05) is 12.1 Å². The van der Waals surface area contributed by atoms with Crippen molar-refractivity contribution in [3.05, 3.63) is 65.5 Å². The minimum absolute atomic E-state index is 0.00600. The van der Waals surface area contributed by atoms with Gasteiger partial charge in [0.25, 0.3) is 11.8 Å². The first-order valence-electron chi connectivity index (χ1n) is 9.15. The minimum atomic E-state index is -0.619. The number of carbonyl (C=O) groups is 4. The first kappa shape index (κ1) is 21.5. The third kappa shape index (κ3) is 5.04. The Labute approximate surface area is 176 Å². The molecule has 7 nitrogen and oxygen atoms in total. The molecule has 156 valence electrons. The van der Waals surface area contributed by atoms with Crippen LogP contribution < -0.4 is 5.32 Å². The molecule has 30 heavy (non-hydrogen) atoms. The van der Waals surface area contributed by atoms with Crippen LogP contribution in [0.15, 0.2) is 48.5 Å². The molecule has 0 bridgehead atoms. The number of ether oxygens (including phenoxy) is 1. The number of thioether (sulfide) groups is 1. The lowest BCUT2D eigenvalue weighted by Gasteiger charge is -2.15. The van der Waals surface area contributed by atoms with Crippen molar-refractivity contribution in [3.63, 3.8) is 0 Å². The second-order valence-electron chi connectivity index (χ2n) is 6.48. The van der Waals surface area contributed by atoms with Crippen LogP contribution in [0.4, 0.5) is 10.1 Å². The van der Waals surface area contributed by atoms with Crippen LogP contribution >= 0.6 is 11.8 Å². The second kappa shape index (κ2) is 9.53. The van der Waals surface area contributed by atoms with E-state index in [1.165, 1.54) is 24.3 Å². The number of hydrogen-bond donors (Lipinski definition) is 1. The molecular formula is C21H19FN2O5S. The van der Waals surface area contributed by atoms with Crippen LogP contribution in [0.25, 0.3) is 0 Å². The van der Waals surface area contributed by atoms with Crippen molar-refractivity contribution >= 4 is 41.1 Å². The summed E-state index contributed by atoms with van der Waals surface area (Å²) in [6, 6.07) is 11.9. The van der Waals surface area contributed by atoms with Gasteiger partial charge in [-0.15, -0.1) is 11.8 Å². The fourth-order valence-corrected chi connectivity index (χ4v) is 3.47. The van der Waals surface area contributed by atoms with E-state index in [4.69, 9.17) is 4.74 Å². The van der Waals surface area contributed by atoms with E-state index in [0.717, 1.165) is 16.7 Å². The number of rotatable bonds is 8. The van der Waals surface area contributed by atoms with E-state index in [1.807, 2.05) is 0 Å². The molecule has 2 aromatic carbocycles. The highest BCUT2D eigenvalue weighted by Gasteiger charge is 2.34. The molecular weight excluding hydrogens is 411 g/mol. The number of nitrogens with one attached hydrogen (secondary N) is 1. The number of esters is 1. The Morgan fingerprint density at radius 2 is 1.67 bits per heavy atom. The number of halogens is 1. The summed E-state index contributed by atoms with van der Waals surface area (Å²) in [5, 5.41) is 1.98. The van der Waals surface area contributed by atoms with E-state index in [1.54, 1.807) is 31.2 Å². The van der Waals surface area contributed by atoms with Crippen LogP contribution in [-0.2, 0) is 14.3 Å². The van der Waals surface area contributed by atoms with E-state index < -0.39 is 28.9 Å². The van der Waals surface area contributed by atoms with Crippen molar-refractivity contribution < 1.29 is 28.3 Å². The maximum Gasteiger partial charge on any atom is 0.318 e. The van der Waals surface area contributed by atoms with Gasteiger partial charge in [-0.05, 0) is 43.3 Å². The van der Waals surface area contributed by atoms with Gasteiger partial charge in [-0.2, -0.15) is 0 Å². The van der Waals surface area contributed by atoms with Crippen molar-refractivity contribution in [2.24, 2.45) is 0 Å². The molecule has 1 aliphatic heterocycles. The Morgan fingerprint density at radius 1 is 1.07 bits per heavy atom. The van der Waals surface area contributed by atoms with Crippen molar-refractivity contribution in [1.82, 2.24) is 4.90 Å². The van der Waals surface area contributed by atoms with E-state index in [9.17, 15) is 23.6 Å². The third-order valence-electron chi connectivity index (χ3n) is 4.36. The van der Waals surface area contributed by atoms with E-state index in [2.05, 4.69) is 5.32 Å². The van der Waals surface area contributed by atoms with Crippen molar-refractivity contribution in [2.45, 2.75) is 12.2 Å². The van der Waals surface area contributed by atoms with Crippen LogP contribution in [-0.4, -0.2) is 52.7 Å². The minimum Gasteiger partial charge on any atom is -0.463 e. The monoisotopic (exact) mass is 430 g/mol. The van der Waals surface area contributed by atoms with Gasteiger partial charge in [0.05, 0.1) is 23.4 Å². The lowest BCUT2D eigenvalue weighted by Crippen LogP contribution is -2.34. The average Bonchev–Trinajstić information content (AvgIpc) is 2.98. The molecule has 0 saturated heterocycles. The first-order valence-corrected chi connectivity index (χ1v) is 10.2.